The minimum absolute atomic E-state index is 0.334. The zero-order valence-corrected chi connectivity index (χ0v) is 14.4. The molecule has 1 saturated carbocycles. The maximum Gasteiger partial charge on any atom is 0.0731 e. The summed E-state index contributed by atoms with van der Waals surface area (Å²) in [7, 11) is 2.05. The molecule has 3 nitrogen and oxygen atoms in total. The van der Waals surface area contributed by atoms with Crippen molar-refractivity contribution in [2.45, 2.75) is 66.0 Å². The minimum Gasteiger partial charge on any atom is -0.379 e. The van der Waals surface area contributed by atoms with E-state index in [4.69, 9.17) is 9.47 Å². The number of likely N-dealkylation sites (N-methyl/N-ethyl adjacent to an activating group) is 1. The van der Waals surface area contributed by atoms with E-state index in [2.05, 4.69) is 39.9 Å². The molecule has 0 amide bonds. The lowest BCUT2D eigenvalue weighted by Gasteiger charge is -2.41. The molecule has 3 heteroatoms. The summed E-state index contributed by atoms with van der Waals surface area (Å²) in [5, 5.41) is 3.42. The van der Waals surface area contributed by atoms with Gasteiger partial charge in [-0.2, -0.15) is 0 Å². The van der Waals surface area contributed by atoms with Crippen LogP contribution in [0.15, 0.2) is 0 Å². The second-order valence-electron chi connectivity index (χ2n) is 7.65. The first-order chi connectivity index (χ1) is 9.34. The van der Waals surface area contributed by atoms with Crippen LogP contribution in [0, 0.1) is 17.3 Å². The van der Waals surface area contributed by atoms with Gasteiger partial charge < -0.3 is 14.8 Å². The van der Waals surface area contributed by atoms with Crippen molar-refractivity contribution in [3.8, 4) is 0 Å². The van der Waals surface area contributed by atoms with Crippen molar-refractivity contribution in [1.29, 1.82) is 0 Å². The molecule has 3 unspecified atom stereocenters. The highest BCUT2D eigenvalue weighted by Gasteiger charge is 2.35. The van der Waals surface area contributed by atoms with Gasteiger partial charge >= 0.3 is 0 Å². The molecular formula is C17H35NO2. The van der Waals surface area contributed by atoms with E-state index in [1.54, 1.807) is 0 Å². The Hall–Kier alpha value is -0.120. The van der Waals surface area contributed by atoms with Gasteiger partial charge in [0.05, 0.1) is 19.3 Å². The van der Waals surface area contributed by atoms with Crippen molar-refractivity contribution < 1.29 is 9.47 Å². The lowest BCUT2D eigenvalue weighted by atomic mass is 9.70. The summed E-state index contributed by atoms with van der Waals surface area (Å²) < 4.78 is 11.7. The van der Waals surface area contributed by atoms with Crippen LogP contribution in [0.25, 0.3) is 0 Å². The minimum atomic E-state index is 0.334. The van der Waals surface area contributed by atoms with Gasteiger partial charge in [-0.1, -0.05) is 34.6 Å². The van der Waals surface area contributed by atoms with E-state index in [1.165, 1.54) is 19.3 Å². The molecule has 0 saturated heterocycles. The Bertz CT molecular complexity index is 260. The van der Waals surface area contributed by atoms with Crippen LogP contribution in [0.1, 0.15) is 53.9 Å². The summed E-state index contributed by atoms with van der Waals surface area (Å²) in [6, 6.07) is 0.499. The maximum atomic E-state index is 6.11. The Morgan fingerprint density at radius 3 is 2.40 bits per heavy atom. The van der Waals surface area contributed by atoms with E-state index in [9.17, 15) is 0 Å². The van der Waals surface area contributed by atoms with Crippen LogP contribution < -0.4 is 5.32 Å². The molecule has 0 aromatic heterocycles. The van der Waals surface area contributed by atoms with Crippen molar-refractivity contribution in [2.24, 2.45) is 17.3 Å². The number of ether oxygens (including phenoxy) is 2. The van der Waals surface area contributed by atoms with Crippen molar-refractivity contribution >= 4 is 0 Å². The van der Waals surface area contributed by atoms with Crippen molar-refractivity contribution in [3.63, 3.8) is 0 Å². The van der Waals surface area contributed by atoms with Crippen LogP contribution in [-0.2, 0) is 9.47 Å². The molecule has 0 heterocycles. The smallest absolute Gasteiger partial charge is 0.0731 e. The predicted octanol–water partition coefficient (Wildman–Crippen LogP) is 3.48. The van der Waals surface area contributed by atoms with Crippen molar-refractivity contribution in [3.05, 3.63) is 0 Å². The summed E-state index contributed by atoms with van der Waals surface area (Å²) in [5.41, 5.74) is 0.383. The zero-order valence-electron chi connectivity index (χ0n) is 14.4. The number of rotatable bonds is 7. The lowest BCUT2D eigenvalue weighted by Crippen LogP contribution is -2.46. The lowest BCUT2D eigenvalue weighted by molar-refractivity contribution is -0.0491. The van der Waals surface area contributed by atoms with E-state index >= 15 is 0 Å². The first-order valence-electron chi connectivity index (χ1n) is 8.21. The predicted molar refractivity (Wildman–Crippen MR) is 85.0 cm³/mol. The molecule has 3 atom stereocenters. The van der Waals surface area contributed by atoms with E-state index in [0.717, 1.165) is 12.5 Å². The Kier molecular flexibility index (Phi) is 7.49. The fourth-order valence-electron chi connectivity index (χ4n) is 3.01. The molecule has 0 aromatic carbocycles. The average molecular weight is 285 g/mol. The second kappa shape index (κ2) is 8.35. The van der Waals surface area contributed by atoms with Gasteiger partial charge in [0.25, 0.3) is 0 Å². The van der Waals surface area contributed by atoms with E-state index in [0.29, 0.717) is 36.7 Å². The van der Waals surface area contributed by atoms with Gasteiger partial charge in [0.2, 0.25) is 0 Å². The monoisotopic (exact) mass is 285 g/mol. The zero-order chi connectivity index (χ0) is 15.2. The fraction of sp³-hybridized carbons (Fsp3) is 1.00. The highest BCUT2D eigenvalue weighted by Crippen LogP contribution is 2.38. The van der Waals surface area contributed by atoms with E-state index in [-0.39, 0.29) is 0 Å². The van der Waals surface area contributed by atoms with Gasteiger partial charge in [-0.25, -0.2) is 0 Å². The van der Waals surface area contributed by atoms with Crippen molar-refractivity contribution in [2.75, 3.05) is 26.9 Å². The first-order valence-corrected chi connectivity index (χ1v) is 8.21. The third-order valence-electron chi connectivity index (χ3n) is 4.40. The van der Waals surface area contributed by atoms with Gasteiger partial charge in [0.15, 0.2) is 0 Å². The number of hydrogen-bond donors (Lipinski definition) is 1. The molecule has 0 aliphatic heterocycles. The fourth-order valence-corrected chi connectivity index (χ4v) is 3.01. The molecule has 1 rings (SSSR count). The molecule has 120 valence electrons. The van der Waals surface area contributed by atoms with Crippen LogP contribution in [0.3, 0.4) is 0 Å². The van der Waals surface area contributed by atoms with Gasteiger partial charge in [-0.15, -0.1) is 0 Å². The third kappa shape index (κ3) is 6.11. The molecule has 0 radical (unpaired) electrons. The highest BCUT2D eigenvalue weighted by molar-refractivity contribution is 4.89. The summed E-state index contributed by atoms with van der Waals surface area (Å²) in [5.74, 6) is 1.36. The normalized spacial score (nSPS) is 28.1. The van der Waals surface area contributed by atoms with E-state index < -0.39 is 0 Å². The summed E-state index contributed by atoms with van der Waals surface area (Å²) in [6.45, 7) is 13.6. The molecule has 1 aliphatic rings. The maximum absolute atomic E-state index is 6.11. The molecular weight excluding hydrogens is 250 g/mol. The Labute approximate surface area is 125 Å². The van der Waals surface area contributed by atoms with Crippen LogP contribution in [0.2, 0.25) is 0 Å². The van der Waals surface area contributed by atoms with E-state index in [1.807, 2.05) is 7.05 Å². The van der Waals surface area contributed by atoms with Gasteiger partial charge in [-0.3, -0.25) is 0 Å². The summed E-state index contributed by atoms with van der Waals surface area (Å²) in [4.78, 5) is 0. The van der Waals surface area contributed by atoms with Gasteiger partial charge in [-0.05, 0) is 43.6 Å². The summed E-state index contributed by atoms with van der Waals surface area (Å²) >= 11 is 0. The molecule has 0 bridgehead atoms. The quantitative estimate of drug-likeness (QED) is 0.726. The van der Waals surface area contributed by atoms with Crippen molar-refractivity contribution in [1.82, 2.24) is 5.32 Å². The van der Waals surface area contributed by atoms with Crippen LogP contribution in [-0.4, -0.2) is 39.0 Å². The average Bonchev–Trinajstić information content (AvgIpc) is 2.36. The standard InChI is InChI=1S/C17H35NO2/c1-13(2)12-19-9-10-20-16-11-14(17(3,4)5)7-8-15(16)18-6/h13-16,18H,7-12H2,1-6H3. The topological polar surface area (TPSA) is 30.5 Å². The molecule has 0 spiro atoms. The number of hydrogen-bond acceptors (Lipinski definition) is 3. The Balaban J connectivity index is 2.35. The van der Waals surface area contributed by atoms with Crippen LogP contribution in [0.4, 0.5) is 0 Å². The van der Waals surface area contributed by atoms with Gasteiger partial charge in [0.1, 0.15) is 0 Å². The first kappa shape index (κ1) is 17.9. The molecule has 20 heavy (non-hydrogen) atoms. The largest absolute Gasteiger partial charge is 0.379 e. The molecule has 1 N–H and O–H groups in total. The number of nitrogens with one attached hydrogen (secondary N) is 1. The molecule has 1 fully saturated rings. The third-order valence-corrected chi connectivity index (χ3v) is 4.40. The Morgan fingerprint density at radius 1 is 1.15 bits per heavy atom. The van der Waals surface area contributed by atoms with Gasteiger partial charge in [0, 0.05) is 12.6 Å². The molecule has 0 aromatic rings. The highest BCUT2D eigenvalue weighted by atomic mass is 16.5. The Morgan fingerprint density at radius 2 is 1.85 bits per heavy atom. The van der Waals surface area contributed by atoms with Crippen LogP contribution >= 0.6 is 0 Å². The van der Waals surface area contributed by atoms with Crippen LogP contribution in [0.5, 0.6) is 0 Å². The second-order valence-corrected chi connectivity index (χ2v) is 7.65. The molecule has 1 aliphatic carbocycles. The summed E-state index contributed by atoms with van der Waals surface area (Å²) in [6.07, 6.45) is 4.02. The SMILES string of the molecule is CNC1CCC(C(C)(C)C)CC1OCCOCC(C)C.